The van der Waals surface area contributed by atoms with E-state index < -0.39 is 97.5 Å². The molecule has 0 saturated heterocycles. The summed E-state index contributed by atoms with van der Waals surface area (Å²) in [4.78, 5) is 72.7. The molecule has 0 aliphatic carbocycles. The van der Waals surface area contributed by atoms with Crippen molar-refractivity contribution in [2.45, 2.75) is 380 Å². The Kier molecular flexibility index (Phi) is 65.0. The van der Waals surface area contributed by atoms with Gasteiger partial charge in [0.2, 0.25) is 0 Å². The SMILES string of the molecule is CCCCCC/C=C\C=C/CCCCCCCC(=O)O[C@H](COC(=O)CCCCCCCCCCCCCC(C)C)COP(=O)(O)OC[C@@H](O)COP(=O)(O)OC[C@@H](COC(=O)CCCCCCCCCCCCC)OC(=O)CCCCCCCCCCCCCCC. The van der Waals surface area contributed by atoms with Crippen LogP contribution >= 0.6 is 15.6 Å². The quantitative estimate of drug-likeness (QED) is 0.0169. The number of unbranched alkanes of at least 4 members (excludes halogenated alkanes) is 41. The van der Waals surface area contributed by atoms with Crippen molar-refractivity contribution in [2.24, 2.45) is 5.92 Å². The fourth-order valence-electron chi connectivity index (χ4n) is 10.8. The fraction of sp³-hybridized carbons (Fsp3) is 0.892. The number of aliphatic hydroxyl groups is 1. The van der Waals surface area contributed by atoms with E-state index in [9.17, 15) is 43.2 Å². The summed E-state index contributed by atoms with van der Waals surface area (Å²) in [5.41, 5.74) is 0. The van der Waals surface area contributed by atoms with E-state index >= 15 is 0 Å². The van der Waals surface area contributed by atoms with E-state index in [1.54, 1.807) is 0 Å². The maximum absolute atomic E-state index is 13.1. The van der Waals surface area contributed by atoms with Crippen LogP contribution in [0.2, 0.25) is 0 Å². The Morgan fingerprint density at radius 3 is 0.882 bits per heavy atom. The second kappa shape index (κ2) is 66.8. The van der Waals surface area contributed by atoms with E-state index in [-0.39, 0.29) is 25.7 Å². The second-order valence-corrected chi connectivity index (χ2v) is 29.4. The maximum atomic E-state index is 13.1. The molecule has 548 valence electrons. The van der Waals surface area contributed by atoms with Gasteiger partial charge in [0.25, 0.3) is 0 Å². The number of hydrogen-bond acceptors (Lipinski definition) is 15. The number of esters is 4. The smallest absolute Gasteiger partial charge is 0.462 e. The van der Waals surface area contributed by atoms with Gasteiger partial charge >= 0.3 is 39.5 Å². The Morgan fingerprint density at radius 2 is 0.581 bits per heavy atom. The largest absolute Gasteiger partial charge is 0.472 e. The number of rotatable bonds is 72. The zero-order valence-corrected chi connectivity index (χ0v) is 61.7. The first-order chi connectivity index (χ1) is 45.0. The van der Waals surface area contributed by atoms with Crippen molar-refractivity contribution >= 4 is 39.5 Å². The number of carbonyl (C=O) groups is 4. The minimum Gasteiger partial charge on any atom is -0.462 e. The van der Waals surface area contributed by atoms with Gasteiger partial charge in [-0.15, -0.1) is 0 Å². The molecule has 0 radical (unpaired) electrons. The van der Waals surface area contributed by atoms with Crippen LogP contribution in [0.1, 0.15) is 362 Å². The first kappa shape index (κ1) is 90.5. The van der Waals surface area contributed by atoms with Gasteiger partial charge in [0.15, 0.2) is 12.2 Å². The molecule has 19 heteroatoms. The molecule has 0 bridgehead atoms. The van der Waals surface area contributed by atoms with Gasteiger partial charge in [-0.2, -0.15) is 0 Å². The first-order valence-corrected chi connectivity index (χ1v) is 40.9. The molecule has 0 spiro atoms. The first-order valence-electron chi connectivity index (χ1n) is 38.0. The number of phosphoric acid groups is 2. The summed E-state index contributed by atoms with van der Waals surface area (Å²) in [6.45, 7) is 7.21. The van der Waals surface area contributed by atoms with Gasteiger partial charge in [-0.25, -0.2) is 9.13 Å². The maximum Gasteiger partial charge on any atom is 0.472 e. The van der Waals surface area contributed by atoms with Crippen LogP contribution in [0.25, 0.3) is 0 Å². The van der Waals surface area contributed by atoms with Crippen LogP contribution in [0.4, 0.5) is 0 Å². The average Bonchev–Trinajstić information content (AvgIpc) is 2.39. The van der Waals surface area contributed by atoms with Crippen molar-refractivity contribution in [1.82, 2.24) is 0 Å². The molecule has 5 atom stereocenters. The zero-order valence-electron chi connectivity index (χ0n) is 59.9. The number of aliphatic hydroxyl groups excluding tert-OH is 1. The summed E-state index contributed by atoms with van der Waals surface area (Å²) in [5, 5.41) is 10.6. The minimum atomic E-state index is -4.96. The fourth-order valence-corrected chi connectivity index (χ4v) is 12.4. The topological polar surface area (TPSA) is 237 Å². The van der Waals surface area contributed by atoms with Crippen molar-refractivity contribution in [3.8, 4) is 0 Å². The number of ether oxygens (including phenoxy) is 4. The van der Waals surface area contributed by atoms with Crippen molar-refractivity contribution in [1.29, 1.82) is 0 Å². The highest BCUT2D eigenvalue weighted by atomic mass is 31.2. The van der Waals surface area contributed by atoms with Gasteiger partial charge in [0.05, 0.1) is 26.4 Å². The molecule has 0 aromatic heterocycles. The highest BCUT2D eigenvalue weighted by Crippen LogP contribution is 2.45. The number of allylic oxidation sites excluding steroid dienone is 4. The summed E-state index contributed by atoms with van der Waals surface area (Å²) in [6.07, 6.45) is 57.5. The molecule has 3 N–H and O–H groups in total. The molecule has 17 nitrogen and oxygen atoms in total. The summed E-state index contributed by atoms with van der Waals surface area (Å²) < 4.78 is 68.4. The number of carbonyl (C=O) groups excluding carboxylic acids is 4. The zero-order chi connectivity index (χ0) is 68.4. The highest BCUT2D eigenvalue weighted by molar-refractivity contribution is 7.47. The van der Waals surface area contributed by atoms with E-state index in [1.807, 2.05) is 0 Å². The van der Waals surface area contributed by atoms with Gasteiger partial charge in [0, 0.05) is 25.7 Å². The van der Waals surface area contributed by atoms with E-state index in [4.69, 9.17) is 37.0 Å². The van der Waals surface area contributed by atoms with Crippen LogP contribution in [0.15, 0.2) is 24.3 Å². The molecule has 0 heterocycles. The van der Waals surface area contributed by atoms with Crippen LogP contribution in [-0.2, 0) is 65.4 Å². The standard InChI is InChI=1S/C74H140O17P2/c1-6-9-12-15-18-21-24-26-27-29-34-40-45-50-55-60-74(79)91-70(64-85-72(77)58-53-48-43-38-35-30-32-36-41-46-51-56-67(4)5)66-89-93(82,83)87-62-68(75)61-86-92(80,81)88-65-69(63-84-71(76)57-52-47-42-37-31-23-20-17-14-11-8-3)90-73(78)59-54-49-44-39-33-28-25-22-19-16-13-10-7-2/h21,24,26-27,67-70,75H,6-20,22-23,25,28-66H2,1-5H3,(H,80,81)(H,82,83)/b24-21-,27-26-/t68-,69+,70+/m0/s1. The highest BCUT2D eigenvalue weighted by Gasteiger charge is 2.30. The van der Waals surface area contributed by atoms with Crippen LogP contribution < -0.4 is 0 Å². The molecule has 0 fully saturated rings. The molecule has 0 aromatic rings. The molecule has 0 amide bonds. The lowest BCUT2D eigenvalue weighted by molar-refractivity contribution is -0.161. The van der Waals surface area contributed by atoms with Crippen molar-refractivity contribution in [3.63, 3.8) is 0 Å². The third-order valence-corrected chi connectivity index (χ3v) is 18.6. The Balaban J connectivity index is 5.29. The monoisotopic (exact) mass is 1360 g/mol. The molecule has 0 saturated carbocycles. The summed E-state index contributed by atoms with van der Waals surface area (Å²) in [7, 11) is -9.92. The van der Waals surface area contributed by atoms with Crippen LogP contribution in [0.3, 0.4) is 0 Å². The lowest BCUT2D eigenvalue weighted by Gasteiger charge is -2.21. The lowest BCUT2D eigenvalue weighted by atomic mass is 10.0. The number of phosphoric ester groups is 2. The average molecular weight is 1360 g/mol. The molecule has 0 aliphatic rings. The van der Waals surface area contributed by atoms with Crippen molar-refractivity contribution in [2.75, 3.05) is 39.6 Å². The second-order valence-electron chi connectivity index (χ2n) is 26.5. The third-order valence-electron chi connectivity index (χ3n) is 16.7. The van der Waals surface area contributed by atoms with E-state index in [2.05, 4.69) is 58.9 Å². The van der Waals surface area contributed by atoms with E-state index in [0.29, 0.717) is 25.7 Å². The van der Waals surface area contributed by atoms with Crippen LogP contribution in [0.5, 0.6) is 0 Å². The van der Waals surface area contributed by atoms with Crippen LogP contribution in [0, 0.1) is 5.92 Å². The normalized spacial score (nSPS) is 14.2. The Bertz CT molecular complexity index is 1880. The van der Waals surface area contributed by atoms with Crippen molar-refractivity contribution < 1.29 is 80.2 Å². The number of hydrogen-bond donors (Lipinski definition) is 3. The van der Waals surface area contributed by atoms with E-state index in [0.717, 1.165) is 109 Å². The van der Waals surface area contributed by atoms with Gasteiger partial charge in [-0.1, -0.05) is 309 Å². The van der Waals surface area contributed by atoms with Gasteiger partial charge in [-0.05, 0) is 57.3 Å². The lowest BCUT2D eigenvalue weighted by Crippen LogP contribution is -2.30. The predicted octanol–water partition coefficient (Wildman–Crippen LogP) is 21.2. The molecule has 0 aliphatic heterocycles. The Labute approximate surface area is 567 Å². The summed E-state index contributed by atoms with van der Waals surface area (Å²) in [6, 6.07) is 0. The molecule has 2 unspecified atom stereocenters. The minimum absolute atomic E-state index is 0.0852. The van der Waals surface area contributed by atoms with Crippen LogP contribution in [-0.4, -0.2) is 96.7 Å². The molecular formula is C74H140O17P2. The van der Waals surface area contributed by atoms with Gasteiger partial charge in [-0.3, -0.25) is 37.3 Å². The van der Waals surface area contributed by atoms with E-state index in [1.165, 1.54) is 173 Å². The van der Waals surface area contributed by atoms with Crippen molar-refractivity contribution in [3.05, 3.63) is 24.3 Å². The Hall–Kier alpha value is -2.46. The molecule has 93 heavy (non-hydrogen) atoms. The van der Waals surface area contributed by atoms with Gasteiger partial charge in [0.1, 0.15) is 19.3 Å². The molecule has 0 rings (SSSR count). The Morgan fingerprint density at radius 1 is 0.333 bits per heavy atom. The summed E-state index contributed by atoms with van der Waals surface area (Å²) in [5.74, 6) is -1.38. The third kappa shape index (κ3) is 67.9. The molecule has 0 aromatic carbocycles. The van der Waals surface area contributed by atoms with Gasteiger partial charge < -0.3 is 33.8 Å². The molecular weight excluding hydrogens is 1220 g/mol. The summed E-state index contributed by atoms with van der Waals surface area (Å²) >= 11 is 0. The predicted molar refractivity (Wildman–Crippen MR) is 377 cm³/mol.